The number of aromatic nitrogens is 1. The van der Waals surface area contributed by atoms with E-state index in [1.54, 1.807) is 11.3 Å². The van der Waals surface area contributed by atoms with Gasteiger partial charge in [0.25, 0.3) is 0 Å². The molecule has 0 saturated heterocycles. The van der Waals surface area contributed by atoms with Crippen LogP contribution in [-0.2, 0) is 6.54 Å². The molecule has 0 spiro atoms. The SMILES string of the molecule is CCn1/c(=N/N=Nc2ccccc2)sc2ccccc21. The van der Waals surface area contributed by atoms with E-state index in [1.807, 2.05) is 42.5 Å². The molecule has 0 aliphatic heterocycles. The Bertz CT molecular complexity index is 799. The highest BCUT2D eigenvalue weighted by Gasteiger charge is 2.02. The number of aryl methyl sites for hydroxylation is 1. The molecular formula is C15H14N4S. The predicted molar refractivity (Wildman–Crippen MR) is 82.0 cm³/mol. The molecule has 0 aliphatic carbocycles. The summed E-state index contributed by atoms with van der Waals surface area (Å²) in [6.07, 6.45) is 0. The number of fused-ring (bicyclic) bond motifs is 1. The van der Waals surface area contributed by atoms with Crippen LogP contribution >= 0.6 is 11.3 Å². The second kappa shape index (κ2) is 5.79. The third-order valence-electron chi connectivity index (χ3n) is 2.95. The molecule has 0 unspecified atom stereocenters. The largest absolute Gasteiger partial charge is 0.315 e. The lowest BCUT2D eigenvalue weighted by Gasteiger charge is -1.97. The fraction of sp³-hybridized carbons (Fsp3) is 0.133. The molecule has 0 fully saturated rings. The standard InChI is InChI=1S/C15H14N4S/c1-2-19-13-10-6-7-11-14(13)20-15(19)17-18-16-12-8-4-3-5-9-12/h3-11H,2H2,1H3/b17-15-,18-16?. The van der Waals surface area contributed by atoms with Crippen LogP contribution in [0.25, 0.3) is 10.2 Å². The average molecular weight is 282 g/mol. The highest BCUT2D eigenvalue weighted by molar-refractivity contribution is 7.16. The van der Waals surface area contributed by atoms with Crippen LogP contribution in [0.2, 0.25) is 0 Å². The molecule has 0 bridgehead atoms. The number of para-hydroxylation sites is 1. The fourth-order valence-electron chi connectivity index (χ4n) is 2.01. The first-order valence-electron chi connectivity index (χ1n) is 6.46. The summed E-state index contributed by atoms with van der Waals surface area (Å²) in [5.41, 5.74) is 1.99. The molecule has 20 heavy (non-hydrogen) atoms. The normalized spacial score (nSPS) is 12.6. The Morgan fingerprint density at radius 3 is 2.55 bits per heavy atom. The van der Waals surface area contributed by atoms with E-state index in [2.05, 4.69) is 39.1 Å². The maximum absolute atomic E-state index is 4.25. The van der Waals surface area contributed by atoms with Crippen molar-refractivity contribution in [3.8, 4) is 0 Å². The number of rotatable bonds is 3. The van der Waals surface area contributed by atoms with Gasteiger partial charge in [0.05, 0.1) is 15.9 Å². The number of benzene rings is 2. The number of thiazole rings is 1. The third kappa shape index (κ3) is 2.53. The molecule has 1 aromatic heterocycles. The zero-order valence-electron chi connectivity index (χ0n) is 11.1. The minimum absolute atomic E-state index is 0.806. The molecule has 5 heteroatoms. The van der Waals surface area contributed by atoms with E-state index < -0.39 is 0 Å². The summed E-state index contributed by atoms with van der Waals surface area (Å²) < 4.78 is 3.35. The van der Waals surface area contributed by atoms with Gasteiger partial charge in [-0.15, -0.1) is 10.2 Å². The molecule has 100 valence electrons. The van der Waals surface area contributed by atoms with Gasteiger partial charge < -0.3 is 4.57 Å². The Kier molecular flexibility index (Phi) is 3.69. The van der Waals surface area contributed by atoms with Crippen LogP contribution < -0.4 is 4.80 Å². The third-order valence-corrected chi connectivity index (χ3v) is 4.00. The van der Waals surface area contributed by atoms with E-state index in [4.69, 9.17) is 0 Å². The molecular weight excluding hydrogens is 268 g/mol. The van der Waals surface area contributed by atoms with Gasteiger partial charge in [0.2, 0.25) is 4.80 Å². The van der Waals surface area contributed by atoms with Gasteiger partial charge in [-0.1, -0.05) is 41.7 Å². The van der Waals surface area contributed by atoms with Crippen molar-refractivity contribution < 1.29 is 0 Å². The van der Waals surface area contributed by atoms with Gasteiger partial charge in [-0.05, 0) is 36.4 Å². The molecule has 2 aromatic carbocycles. The van der Waals surface area contributed by atoms with Gasteiger partial charge in [-0.25, -0.2) is 0 Å². The summed E-state index contributed by atoms with van der Waals surface area (Å²) in [5.74, 6) is 0. The Balaban J connectivity index is 2.01. The average Bonchev–Trinajstić information content (AvgIpc) is 2.86. The molecule has 0 saturated carbocycles. The highest BCUT2D eigenvalue weighted by Crippen LogP contribution is 2.16. The smallest absolute Gasteiger partial charge is 0.213 e. The van der Waals surface area contributed by atoms with Crippen molar-refractivity contribution in [2.75, 3.05) is 0 Å². The highest BCUT2D eigenvalue weighted by atomic mass is 32.1. The lowest BCUT2D eigenvalue weighted by atomic mass is 10.3. The van der Waals surface area contributed by atoms with E-state index in [0.717, 1.165) is 17.0 Å². The van der Waals surface area contributed by atoms with E-state index in [1.165, 1.54) is 10.2 Å². The van der Waals surface area contributed by atoms with Crippen molar-refractivity contribution in [3.63, 3.8) is 0 Å². The summed E-state index contributed by atoms with van der Waals surface area (Å²) in [5, 5.41) is 12.3. The second-order valence-corrected chi connectivity index (χ2v) is 5.23. The van der Waals surface area contributed by atoms with Crippen LogP contribution in [0.4, 0.5) is 5.69 Å². The maximum atomic E-state index is 4.25. The van der Waals surface area contributed by atoms with Crippen LogP contribution in [0.1, 0.15) is 6.92 Å². The molecule has 1 heterocycles. The van der Waals surface area contributed by atoms with Gasteiger partial charge >= 0.3 is 0 Å². The topological polar surface area (TPSA) is 42.0 Å². The Morgan fingerprint density at radius 2 is 1.75 bits per heavy atom. The Morgan fingerprint density at radius 1 is 1.00 bits per heavy atom. The van der Waals surface area contributed by atoms with Crippen molar-refractivity contribution in [1.82, 2.24) is 4.57 Å². The van der Waals surface area contributed by atoms with E-state index in [0.29, 0.717) is 0 Å². The number of hydrogen-bond donors (Lipinski definition) is 0. The van der Waals surface area contributed by atoms with Crippen molar-refractivity contribution in [2.24, 2.45) is 15.4 Å². The molecule has 0 radical (unpaired) electrons. The van der Waals surface area contributed by atoms with Gasteiger partial charge in [-0.2, -0.15) is 0 Å². The minimum Gasteiger partial charge on any atom is -0.315 e. The van der Waals surface area contributed by atoms with Crippen LogP contribution in [0.5, 0.6) is 0 Å². The summed E-state index contributed by atoms with van der Waals surface area (Å²) in [6.45, 7) is 2.97. The van der Waals surface area contributed by atoms with Crippen molar-refractivity contribution in [1.29, 1.82) is 0 Å². The van der Waals surface area contributed by atoms with Crippen LogP contribution in [0.15, 0.2) is 70.0 Å². The fourth-order valence-corrected chi connectivity index (χ4v) is 3.05. The van der Waals surface area contributed by atoms with Crippen molar-refractivity contribution in [2.45, 2.75) is 13.5 Å². The zero-order chi connectivity index (χ0) is 13.8. The summed E-state index contributed by atoms with van der Waals surface area (Å²) in [4.78, 5) is 0.869. The van der Waals surface area contributed by atoms with Gasteiger partial charge in [-0.3, -0.25) is 0 Å². The molecule has 0 amide bonds. The molecule has 3 rings (SSSR count). The van der Waals surface area contributed by atoms with Gasteiger partial charge in [0.15, 0.2) is 0 Å². The Hall–Kier alpha value is -2.27. The lowest BCUT2D eigenvalue weighted by molar-refractivity contribution is 0.751. The monoisotopic (exact) mass is 282 g/mol. The summed E-state index contributed by atoms with van der Waals surface area (Å²) in [7, 11) is 0. The van der Waals surface area contributed by atoms with Gasteiger partial charge in [0, 0.05) is 6.54 Å². The summed E-state index contributed by atoms with van der Waals surface area (Å²) >= 11 is 1.63. The van der Waals surface area contributed by atoms with Crippen molar-refractivity contribution in [3.05, 3.63) is 59.4 Å². The van der Waals surface area contributed by atoms with Crippen LogP contribution in [0.3, 0.4) is 0 Å². The van der Waals surface area contributed by atoms with Crippen molar-refractivity contribution >= 4 is 27.2 Å². The minimum atomic E-state index is 0.806. The quantitative estimate of drug-likeness (QED) is 0.507. The molecule has 4 nitrogen and oxygen atoms in total. The van der Waals surface area contributed by atoms with E-state index >= 15 is 0 Å². The van der Waals surface area contributed by atoms with Crippen LogP contribution in [0, 0.1) is 0 Å². The predicted octanol–water partition coefficient (Wildman–Crippen LogP) is 4.32. The number of hydrogen-bond acceptors (Lipinski definition) is 3. The first kappa shape index (κ1) is 12.7. The molecule has 0 atom stereocenters. The molecule has 0 aliphatic rings. The first-order chi connectivity index (χ1) is 9.88. The van der Waals surface area contributed by atoms with Gasteiger partial charge in [0.1, 0.15) is 0 Å². The molecule has 0 N–H and O–H groups in total. The maximum Gasteiger partial charge on any atom is 0.213 e. The second-order valence-electron chi connectivity index (χ2n) is 4.22. The molecule has 3 aromatic rings. The number of nitrogens with zero attached hydrogens (tertiary/aromatic N) is 4. The first-order valence-corrected chi connectivity index (χ1v) is 7.28. The summed E-state index contributed by atoms with van der Waals surface area (Å²) in [6, 6.07) is 17.9. The zero-order valence-corrected chi connectivity index (χ0v) is 11.9. The lowest BCUT2D eigenvalue weighted by Crippen LogP contribution is -2.12. The van der Waals surface area contributed by atoms with Crippen LogP contribution in [-0.4, -0.2) is 4.57 Å². The van der Waals surface area contributed by atoms with E-state index in [-0.39, 0.29) is 0 Å². The Labute approximate surface area is 120 Å². The van der Waals surface area contributed by atoms with E-state index in [9.17, 15) is 0 Å².